The van der Waals surface area contributed by atoms with Crippen LogP contribution in [-0.2, 0) is 0 Å². The molecule has 0 aliphatic carbocycles. The second-order valence-corrected chi connectivity index (χ2v) is 9.64. The number of rotatable bonds is 26. The van der Waals surface area contributed by atoms with E-state index in [4.69, 9.17) is 0 Å². The van der Waals surface area contributed by atoms with Gasteiger partial charge < -0.3 is 0 Å². The van der Waals surface area contributed by atoms with Crippen LogP contribution in [0.4, 0.5) is 0 Å². The lowest BCUT2D eigenvalue weighted by molar-refractivity contribution is 0.546. The van der Waals surface area contributed by atoms with Gasteiger partial charge in [0.15, 0.2) is 0 Å². The normalized spacial score (nSPS) is 11.2. The Balaban J connectivity index is 2.97. The molecule has 1 radical (unpaired) electrons. The highest BCUT2D eigenvalue weighted by Gasteiger charge is 1.96. The molecule has 0 fully saturated rings. The van der Waals surface area contributed by atoms with Crippen molar-refractivity contribution in [2.75, 3.05) is 0 Å². The van der Waals surface area contributed by atoms with Crippen molar-refractivity contribution in [1.29, 1.82) is 0 Å². The van der Waals surface area contributed by atoms with Crippen LogP contribution in [-0.4, -0.2) is 7.28 Å². The van der Waals surface area contributed by atoms with Gasteiger partial charge in [-0.3, -0.25) is 0 Å². The molecule has 0 rings (SSSR count). The molecule has 1 heteroatoms. The summed E-state index contributed by atoms with van der Waals surface area (Å²) in [5, 5.41) is 0. The van der Waals surface area contributed by atoms with Crippen molar-refractivity contribution in [3.63, 3.8) is 0 Å². The van der Waals surface area contributed by atoms with Gasteiger partial charge in [-0.1, -0.05) is 181 Å². The lowest BCUT2D eigenvalue weighted by atomic mass is 9.68. The van der Waals surface area contributed by atoms with Gasteiger partial charge in [-0.25, -0.2) is 0 Å². The second-order valence-electron chi connectivity index (χ2n) is 9.64. The van der Waals surface area contributed by atoms with E-state index in [0.717, 1.165) is 0 Å². The largest absolute Gasteiger partial charge is 0.109 e. The van der Waals surface area contributed by atoms with E-state index in [1.807, 2.05) is 0 Å². The van der Waals surface area contributed by atoms with Gasteiger partial charge in [0, 0.05) is 0 Å². The van der Waals surface area contributed by atoms with Crippen LogP contribution in [0.1, 0.15) is 168 Å². The van der Waals surface area contributed by atoms with Gasteiger partial charge in [0.2, 0.25) is 0 Å². The third kappa shape index (κ3) is 28.1. The lowest BCUT2D eigenvalue weighted by Crippen LogP contribution is -1.90. The summed E-state index contributed by atoms with van der Waals surface area (Å²) >= 11 is 0. The fourth-order valence-corrected chi connectivity index (χ4v) is 4.40. The van der Waals surface area contributed by atoms with E-state index in [2.05, 4.69) is 21.1 Å². The number of unbranched alkanes of at least 4 members (excludes halogenated alkanes) is 22. The van der Waals surface area contributed by atoms with Crippen LogP contribution in [0.25, 0.3) is 0 Å². The van der Waals surface area contributed by atoms with Crippen LogP contribution >= 0.6 is 0 Å². The molecule has 0 amide bonds. The molecule has 0 aliphatic heterocycles. The molecule has 0 aromatic heterocycles. The number of hydrogen-bond acceptors (Lipinski definition) is 0. The van der Waals surface area contributed by atoms with E-state index in [1.165, 1.54) is 167 Å². The SMILES string of the molecule is CCCCCCCCCCCCCC[B]CCCCCCCCCCCCCC. The van der Waals surface area contributed by atoms with Crippen molar-refractivity contribution in [3.8, 4) is 0 Å². The molecule has 0 bridgehead atoms. The monoisotopic (exact) mass is 405 g/mol. The molecule has 0 aromatic rings. The van der Waals surface area contributed by atoms with Crippen LogP contribution in [0, 0.1) is 0 Å². The van der Waals surface area contributed by atoms with Gasteiger partial charge >= 0.3 is 0 Å². The minimum Gasteiger partial charge on any atom is -0.0803 e. The first-order valence-corrected chi connectivity index (χ1v) is 14.2. The lowest BCUT2D eigenvalue weighted by Gasteiger charge is -2.04. The molecule has 0 atom stereocenters. The second kappa shape index (κ2) is 28.1. The molecule has 0 N–H and O–H groups in total. The van der Waals surface area contributed by atoms with E-state index in [9.17, 15) is 0 Å². The molecule has 0 heterocycles. The Kier molecular flexibility index (Phi) is 28.1. The highest BCUT2D eigenvalue weighted by atomic mass is 14.0. The fourth-order valence-electron chi connectivity index (χ4n) is 4.40. The van der Waals surface area contributed by atoms with Gasteiger partial charge in [0.05, 0.1) is 0 Å². The summed E-state index contributed by atoms with van der Waals surface area (Å²) < 4.78 is 0. The first-order valence-electron chi connectivity index (χ1n) is 14.2. The van der Waals surface area contributed by atoms with E-state index in [0.29, 0.717) is 0 Å². The first-order chi connectivity index (χ1) is 14.4. The van der Waals surface area contributed by atoms with E-state index < -0.39 is 0 Å². The molecule has 173 valence electrons. The third-order valence-electron chi connectivity index (χ3n) is 6.52. The Bertz CT molecular complexity index is 237. The zero-order valence-electron chi connectivity index (χ0n) is 21.0. The third-order valence-corrected chi connectivity index (χ3v) is 6.52. The van der Waals surface area contributed by atoms with Gasteiger partial charge in [-0.2, -0.15) is 0 Å². The van der Waals surface area contributed by atoms with E-state index >= 15 is 0 Å². The Morgan fingerprint density at radius 2 is 0.483 bits per heavy atom. The summed E-state index contributed by atoms with van der Waals surface area (Å²) in [5.41, 5.74) is 0. The van der Waals surface area contributed by atoms with E-state index in [-0.39, 0.29) is 0 Å². The maximum Gasteiger partial charge on any atom is 0.109 e. The summed E-state index contributed by atoms with van der Waals surface area (Å²) in [5.74, 6) is 0. The Morgan fingerprint density at radius 1 is 0.276 bits per heavy atom. The van der Waals surface area contributed by atoms with Crippen LogP contribution in [0.3, 0.4) is 0 Å². The maximum absolute atomic E-state index is 2.58. The topological polar surface area (TPSA) is 0 Å². The quantitative estimate of drug-likeness (QED) is 0.0991. The molecule has 0 nitrogen and oxygen atoms in total. The zero-order chi connectivity index (χ0) is 21.1. The summed E-state index contributed by atoms with van der Waals surface area (Å²) in [6.07, 6.45) is 37.8. The average molecular weight is 406 g/mol. The minimum atomic E-state index is 1.37. The Hall–Kier alpha value is 0.0649. The van der Waals surface area contributed by atoms with Gasteiger partial charge in [0.25, 0.3) is 0 Å². The smallest absolute Gasteiger partial charge is 0.0803 e. The highest BCUT2D eigenvalue weighted by Crippen LogP contribution is 2.14. The maximum atomic E-state index is 2.58. The van der Waals surface area contributed by atoms with Crippen LogP contribution < -0.4 is 0 Å². The van der Waals surface area contributed by atoms with Crippen molar-refractivity contribution >= 4 is 7.28 Å². The standard InChI is InChI=1S/C28H58B/c1-3-5-7-9-11-13-15-17-19-21-23-25-27-29-28-26-24-22-20-18-16-14-12-10-8-6-4-2/h3-28H2,1-2H3. The fraction of sp³-hybridized carbons (Fsp3) is 1.00. The summed E-state index contributed by atoms with van der Waals surface area (Å²) in [7, 11) is 2.58. The molecule has 0 unspecified atom stereocenters. The van der Waals surface area contributed by atoms with Gasteiger partial charge in [0.1, 0.15) is 7.28 Å². The molecular formula is C28H58B. The molecular weight excluding hydrogens is 347 g/mol. The Morgan fingerprint density at radius 3 is 0.724 bits per heavy atom. The molecule has 0 saturated carbocycles. The molecule has 0 spiro atoms. The first kappa shape index (κ1) is 29.1. The predicted molar refractivity (Wildman–Crippen MR) is 138 cm³/mol. The van der Waals surface area contributed by atoms with Crippen molar-refractivity contribution in [2.24, 2.45) is 0 Å². The van der Waals surface area contributed by atoms with E-state index in [1.54, 1.807) is 0 Å². The molecule has 29 heavy (non-hydrogen) atoms. The van der Waals surface area contributed by atoms with Crippen LogP contribution in [0.5, 0.6) is 0 Å². The summed E-state index contributed by atoms with van der Waals surface area (Å²) in [6.45, 7) is 4.61. The van der Waals surface area contributed by atoms with Crippen molar-refractivity contribution < 1.29 is 0 Å². The van der Waals surface area contributed by atoms with Gasteiger partial charge in [-0.15, -0.1) is 0 Å². The zero-order valence-corrected chi connectivity index (χ0v) is 21.0. The predicted octanol–water partition coefficient (Wildman–Crippen LogP) is 10.9. The minimum absolute atomic E-state index is 1.37. The average Bonchev–Trinajstić information content (AvgIpc) is 2.74. The van der Waals surface area contributed by atoms with Crippen LogP contribution in [0.15, 0.2) is 0 Å². The van der Waals surface area contributed by atoms with Crippen molar-refractivity contribution in [1.82, 2.24) is 0 Å². The van der Waals surface area contributed by atoms with Crippen molar-refractivity contribution in [3.05, 3.63) is 0 Å². The molecule has 0 aromatic carbocycles. The molecule has 0 saturated heterocycles. The number of hydrogen-bond donors (Lipinski definition) is 0. The highest BCUT2D eigenvalue weighted by molar-refractivity contribution is 6.35. The van der Waals surface area contributed by atoms with Crippen LogP contribution in [0.2, 0.25) is 12.6 Å². The Labute approximate surface area is 188 Å². The van der Waals surface area contributed by atoms with Crippen molar-refractivity contribution in [2.45, 2.75) is 181 Å². The summed E-state index contributed by atoms with van der Waals surface area (Å²) in [4.78, 5) is 0. The van der Waals surface area contributed by atoms with Gasteiger partial charge in [-0.05, 0) is 0 Å². The molecule has 0 aliphatic rings. The summed E-state index contributed by atoms with van der Waals surface area (Å²) in [6, 6.07) is 0.